The monoisotopic (exact) mass is 535 g/mol. The molecule has 200 valence electrons. The highest BCUT2D eigenvalue weighted by Gasteiger charge is 2.32. The maximum atomic E-state index is 13.8. The molecule has 2 N–H and O–H groups in total. The van der Waals surface area contributed by atoms with Crippen LogP contribution < -0.4 is 15.5 Å². The lowest BCUT2D eigenvalue weighted by Gasteiger charge is -2.42. The second kappa shape index (κ2) is 11.9. The number of aromatic nitrogens is 1. The van der Waals surface area contributed by atoms with Gasteiger partial charge in [-0.1, -0.05) is 11.3 Å². The molecule has 0 radical (unpaired) electrons. The number of hydrogen-bond donors (Lipinski definition) is 2. The van der Waals surface area contributed by atoms with Crippen molar-refractivity contribution in [2.45, 2.75) is 43.9 Å². The maximum Gasteiger partial charge on any atom is 0.411 e. The number of thiazole rings is 1. The van der Waals surface area contributed by atoms with Crippen molar-refractivity contribution in [3.8, 4) is 0 Å². The molecule has 1 aromatic heterocycles. The minimum atomic E-state index is -4.29. The minimum absolute atomic E-state index is 0.0261. The highest BCUT2D eigenvalue weighted by molar-refractivity contribution is 7.17. The largest absolute Gasteiger partial charge is 0.411 e. The molecule has 2 fully saturated rings. The van der Waals surface area contributed by atoms with Crippen LogP contribution in [0.3, 0.4) is 0 Å². The molecule has 0 aromatic carbocycles. The summed E-state index contributed by atoms with van der Waals surface area (Å²) in [6.07, 6.45) is 2.68. The third kappa shape index (κ3) is 7.39. The number of hydrogen-bond acceptors (Lipinski definition) is 7. The number of nitrogens with zero attached hydrogens (tertiary/aromatic N) is 3. The second-order valence-electron chi connectivity index (χ2n) is 9.35. The van der Waals surface area contributed by atoms with Crippen LogP contribution in [0.1, 0.15) is 35.4 Å². The number of rotatable bonds is 8. The van der Waals surface area contributed by atoms with Crippen LogP contribution in [0.4, 0.5) is 27.1 Å². The average molecular weight is 536 g/mol. The summed E-state index contributed by atoms with van der Waals surface area (Å²) < 4.78 is 68.7. The number of allylic oxidation sites excluding steroid dienone is 2. The smallest absolute Gasteiger partial charge is 0.378 e. The SMILES string of the molecule is O=C(NCC1NC=C(F)C=C1F)c1cnc(N2CCC(N3CCCC(COCC(F)(F)F)C3)CC2)s1. The summed E-state index contributed by atoms with van der Waals surface area (Å²) in [5.74, 6) is -1.65. The van der Waals surface area contributed by atoms with Gasteiger partial charge in [-0.25, -0.2) is 13.8 Å². The van der Waals surface area contributed by atoms with E-state index in [1.54, 1.807) is 0 Å². The van der Waals surface area contributed by atoms with Gasteiger partial charge in [-0.2, -0.15) is 13.2 Å². The number of carbonyl (C=O) groups is 1. The van der Waals surface area contributed by atoms with E-state index in [1.807, 2.05) is 0 Å². The fourth-order valence-corrected chi connectivity index (χ4v) is 5.70. The van der Waals surface area contributed by atoms with E-state index >= 15 is 0 Å². The minimum Gasteiger partial charge on any atom is -0.378 e. The fourth-order valence-electron chi connectivity index (χ4n) is 4.82. The van der Waals surface area contributed by atoms with Crippen molar-refractivity contribution in [2.24, 2.45) is 5.92 Å². The molecule has 4 rings (SSSR count). The van der Waals surface area contributed by atoms with Gasteiger partial charge >= 0.3 is 6.18 Å². The van der Waals surface area contributed by atoms with E-state index in [4.69, 9.17) is 4.74 Å². The molecule has 13 heteroatoms. The summed E-state index contributed by atoms with van der Waals surface area (Å²) in [5, 5.41) is 5.94. The first-order valence-corrected chi connectivity index (χ1v) is 12.9. The number of ether oxygens (including phenoxy) is 1. The molecular formula is C23H30F5N5O2S. The Bertz CT molecular complexity index is 961. The molecule has 1 amide bonds. The first kappa shape index (κ1) is 26.8. The van der Waals surface area contributed by atoms with Gasteiger partial charge in [0.1, 0.15) is 23.1 Å². The van der Waals surface area contributed by atoms with Gasteiger partial charge in [0, 0.05) is 44.5 Å². The molecule has 3 aliphatic rings. The van der Waals surface area contributed by atoms with Crippen LogP contribution in [-0.2, 0) is 4.74 Å². The summed E-state index contributed by atoms with van der Waals surface area (Å²) in [5.41, 5.74) is 0. The number of halogens is 5. The molecule has 1 aromatic rings. The summed E-state index contributed by atoms with van der Waals surface area (Å²) in [7, 11) is 0. The van der Waals surface area contributed by atoms with E-state index in [1.165, 1.54) is 17.5 Å². The highest BCUT2D eigenvalue weighted by atomic mass is 32.1. The van der Waals surface area contributed by atoms with Gasteiger partial charge in [0.2, 0.25) is 0 Å². The Morgan fingerprint density at radius 3 is 2.72 bits per heavy atom. The number of carbonyl (C=O) groups excluding carboxylic acids is 1. The normalized spacial score (nSPS) is 24.2. The Kier molecular flexibility index (Phi) is 8.83. The molecule has 3 aliphatic heterocycles. The van der Waals surface area contributed by atoms with Gasteiger partial charge in [-0.05, 0) is 38.1 Å². The van der Waals surface area contributed by atoms with Crippen LogP contribution in [0.15, 0.2) is 30.1 Å². The molecule has 0 bridgehead atoms. The summed E-state index contributed by atoms with van der Waals surface area (Å²) >= 11 is 1.26. The second-order valence-corrected chi connectivity index (χ2v) is 10.4. The number of dihydropyridines is 1. The van der Waals surface area contributed by atoms with Gasteiger partial charge in [0.15, 0.2) is 5.13 Å². The molecule has 0 spiro atoms. The molecule has 0 aliphatic carbocycles. The van der Waals surface area contributed by atoms with Crippen molar-refractivity contribution in [3.05, 3.63) is 35.0 Å². The predicted octanol–water partition coefficient (Wildman–Crippen LogP) is 3.77. The van der Waals surface area contributed by atoms with Crippen LogP contribution in [-0.4, -0.2) is 80.0 Å². The van der Waals surface area contributed by atoms with Gasteiger partial charge < -0.3 is 20.3 Å². The molecular weight excluding hydrogens is 505 g/mol. The van der Waals surface area contributed by atoms with Crippen molar-refractivity contribution in [2.75, 3.05) is 50.8 Å². The van der Waals surface area contributed by atoms with Gasteiger partial charge in [-0.3, -0.25) is 9.69 Å². The zero-order valence-electron chi connectivity index (χ0n) is 19.7. The lowest BCUT2D eigenvalue weighted by molar-refractivity contribution is -0.177. The number of likely N-dealkylation sites (tertiary alicyclic amines) is 1. The number of alkyl halides is 3. The van der Waals surface area contributed by atoms with E-state index in [0.29, 0.717) is 10.9 Å². The Hall–Kier alpha value is -2.25. The lowest BCUT2D eigenvalue weighted by Crippen LogP contribution is -2.49. The number of anilines is 1. The number of amides is 1. The molecule has 0 saturated carbocycles. The Balaban J connectivity index is 1.21. The summed E-state index contributed by atoms with van der Waals surface area (Å²) in [4.78, 5) is 21.8. The predicted molar refractivity (Wildman–Crippen MR) is 126 cm³/mol. The van der Waals surface area contributed by atoms with E-state index in [-0.39, 0.29) is 25.0 Å². The van der Waals surface area contributed by atoms with Crippen molar-refractivity contribution in [1.82, 2.24) is 20.5 Å². The zero-order valence-corrected chi connectivity index (χ0v) is 20.5. The summed E-state index contributed by atoms with van der Waals surface area (Å²) in [6, 6.07) is -0.454. The fraction of sp³-hybridized carbons (Fsp3) is 0.652. The Morgan fingerprint density at radius 1 is 1.22 bits per heavy atom. The van der Waals surface area contributed by atoms with Crippen molar-refractivity contribution < 1.29 is 31.5 Å². The topological polar surface area (TPSA) is 69.7 Å². The van der Waals surface area contributed by atoms with Gasteiger partial charge in [0.05, 0.1) is 18.8 Å². The van der Waals surface area contributed by atoms with E-state index < -0.39 is 30.5 Å². The Morgan fingerprint density at radius 2 is 2.00 bits per heavy atom. The van der Waals surface area contributed by atoms with Crippen LogP contribution in [0, 0.1) is 5.92 Å². The molecule has 36 heavy (non-hydrogen) atoms. The average Bonchev–Trinajstić information content (AvgIpc) is 3.33. The van der Waals surface area contributed by atoms with Crippen molar-refractivity contribution >= 4 is 22.4 Å². The standard InChI is InChI=1S/C23H30F5N5O2S/c24-16-8-18(25)19(29-9-16)10-30-21(34)20-11-31-22(36-20)32-6-3-17(4-7-32)33-5-1-2-15(12-33)13-35-14-23(26,27)28/h8-9,11,15,17,19,29H,1-7,10,12-14H2,(H,30,34). The first-order chi connectivity index (χ1) is 17.2. The molecule has 2 unspecified atom stereocenters. The third-order valence-electron chi connectivity index (χ3n) is 6.64. The number of piperidine rings is 2. The van der Waals surface area contributed by atoms with Crippen LogP contribution >= 0.6 is 11.3 Å². The van der Waals surface area contributed by atoms with Crippen LogP contribution in [0.2, 0.25) is 0 Å². The number of nitrogens with one attached hydrogen (secondary N) is 2. The van der Waals surface area contributed by atoms with Crippen molar-refractivity contribution in [3.63, 3.8) is 0 Å². The summed E-state index contributed by atoms with van der Waals surface area (Å²) in [6.45, 7) is 2.14. The molecule has 2 saturated heterocycles. The third-order valence-corrected chi connectivity index (χ3v) is 7.69. The lowest BCUT2D eigenvalue weighted by atomic mass is 9.94. The van der Waals surface area contributed by atoms with Gasteiger partial charge in [0.25, 0.3) is 5.91 Å². The Labute approximate surface area is 210 Å². The van der Waals surface area contributed by atoms with E-state index in [9.17, 15) is 26.7 Å². The molecule has 4 heterocycles. The zero-order chi connectivity index (χ0) is 25.7. The maximum absolute atomic E-state index is 13.8. The first-order valence-electron chi connectivity index (χ1n) is 12.0. The van der Waals surface area contributed by atoms with E-state index in [2.05, 4.69) is 25.4 Å². The quantitative estimate of drug-likeness (QED) is 0.494. The van der Waals surface area contributed by atoms with Gasteiger partial charge in [-0.15, -0.1) is 0 Å². The van der Waals surface area contributed by atoms with Crippen molar-refractivity contribution in [1.29, 1.82) is 0 Å². The van der Waals surface area contributed by atoms with Crippen LogP contribution in [0.25, 0.3) is 0 Å². The van der Waals surface area contributed by atoms with Crippen LogP contribution in [0.5, 0.6) is 0 Å². The van der Waals surface area contributed by atoms with E-state index in [0.717, 1.165) is 69.3 Å². The molecule has 7 nitrogen and oxygen atoms in total. The molecule has 2 atom stereocenters. The highest BCUT2D eigenvalue weighted by Crippen LogP contribution is 2.29.